The molecule has 2 rings (SSSR count). The van der Waals surface area contributed by atoms with Crippen molar-refractivity contribution in [1.82, 2.24) is 0 Å². The third-order valence-corrected chi connectivity index (χ3v) is 22.4. The van der Waals surface area contributed by atoms with E-state index >= 15 is 0 Å². The molecular weight excluding hydrogens is 1320 g/mol. The van der Waals surface area contributed by atoms with Crippen molar-refractivity contribution in [2.75, 3.05) is 0 Å². The molecule has 0 fully saturated rings. The van der Waals surface area contributed by atoms with Crippen molar-refractivity contribution in [2.24, 2.45) is 47.3 Å². The van der Waals surface area contributed by atoms with Crippen LogP contribution in [-0.4, -0.2) is 0 Å². The second-order valence-electron chi connectivity index (χ2n) is 33.0. The third kappa shape index (κ3) is 68.3. The van der Waals surface area contributed by atoms with E-state index in [1.807, 2.05) is 0 Å². The minimum absolute atomic E-state index is 0.614. The van der Waals surface area contributed by atoms with Crippen LogP contribution < -0.4 is 0 Å². The van der Waals surface area contributed by atoms with E-state index in [4.69, 9.17) is 0 Å². The molecule has 636 valence electrons. The zero-order valence-electron chi connectivity index (χ0n) is 79.0. The Hall–Kier alpha value is -4.16. The number of hydrogen-bond acceptors (Lipinski definition) is 0. The second kappa shape index (κ2) is 87.2. The first-order valence-corrected chi connectivity index (χ1v) is 48.1. The van der Waals surface area contributed by atoms with Gasteiger partial charge in [0, 0.05) is 11.8 Å². The molecule has 0 aromatic heterocycles. The fourth-order valence-corrected chi connectivity index (χ4v) is 14.6. The molecule has 110 heavy (non-hydrogen) atoms. The number of unbranched alkanes of at least 4 members (excludes halogenated alkanes) is 23. The summed E-state index contributed by atoms with van der Waals surface area (Å²) in [7, 11) is 0. The van der Waals surface area contributed by atoms with Crippen LogP contribution in [0.3, 0.4) is 0 Å². The topological polar surface area (TPSA) is 0 Å². The molecule has 8 atom stereocenters. The fourth-order valence-electron chi connectivity index (χ4n) is 14.6. The summed E-state index contributed by atoms with van der Waals surface area (Å²) in [6.45, 7) is 54.2. The molecule has 0 aliphatic heterocycles. The summed E-state index contributed by atoms with van der Waals surface area (Å²) in [4.78, 5) is 0. The van der Waals surface area contributed by atoms with Gasteiger partial charge in [0.15, 0.2) is 0 Å². The summed E-state index contributed by atoms with van der Waals surface area (Å²) in [5.74, 6) is 5.78. The van der Waals surface area contributed by atoms with Crippen molar-refractivity contribution in [1.29, 1.82) is 0 Å². The summed E-state index contributed by atoms with van der Waals surface area (Å²) >= 11 is 0. The Morgan fingerprint density at radius 1 is 0.409 bits per heavy atom. The van der Waals surface area contributed by atoms with Gasteiger partial charge >= 0.3 is 0 Å². The van der Waals surface area contributed by atoms with Gasteiger partial charge in [0.1, 0.15) is 0 Å². The van der Waals surface area contributed by atoms with E-state index in [1.165, 1.54) is 293 Å². The molecule has 0 amide bonds. The lowest BCUT2D eigenvalue weighted by Crippen LogP contribution is -2.15. The summed E-state index contributed by atoms with van der Waals surface area (Å²) in [6.07, 6.45) is 116. The average Bonchev–Trinajstić information content (AvgIpc) is 0.852. The van der Waals surface area contributed by atoms with E-state index in [1.54, 1.807) is 27.9 Å². The third-order valence-electron chi connectivity index (χ3n) is 22.4. The Bertz CT molecular complexity index is 2510. The van der Waals surface area contributed by atoms with Crippen LogP contribution in [0.4, 0.5) is 0 Å². The largest absolute Gasteiger partial charge is 0.0910 e. The van der Waals surface area contributed by atoms with Crippen LogP contribution >= 0.6 is 0 Å². The molecule has 0 aromatic carbocycles. The van der Waals surface area contributed by atoms with Crippen molar-refractivity contribution in [3.05, 3.63) is 190 Å². The Kier molecular flexibility index (Phi) is 88.9. The van der Waals surface area contributed by atoms with Crippen LogP contribution in [0.15, 0.2) is 190 Å². The van der Waals surface area contributed by atoms with Gasteiger partial charge in [0.2, 0.25) is 0 Å². The molecule has 0 N–H and O–H groups in total. The van der Waals surface area contributed by atoms with Crippen LogP contribution in [-0.2, 0) is 0 Å². The van der Waals surface area contributed by atoms with Gasteiger partial charge in [-0.1, -0.05) is 439 Å². The summed E-state index contributed by atoms with van der Waals surface area (Å²) in [5, 5.41) is 0. The standard InChI is InChI=1S/2C21H38.4C17H30/c1-5-8-11-12-13-16-17-20(4)21(18-14-9-6-2)19-15-10-7-3;1-5-9-11-13-15-19-21(17-8-4)20(16-7-3)18-14-12-10-6-2;2*1-5-7-8-9-11-17-13-15(4)14(3)12-16(17)10-6-2;1-5-7-9-10-11-13-15-17(4)16(3)14-12-8-6-2;1-5-9-10-11-15-17(14-8-4)16(12-6-2)13-7-3/h9,13-14,16-17,21H,5-8,10-12,15,18-19H2,1-4H3;7,15-17,19-20H,5-6,8-14,18H2,1-4H3;11-12,15-16H,5-10,13H2,1-4H3;10,12,15,17H,5-9,11,13H2,1-4H3;8,11-14,17H,5-7,9-10,15H2,1-4H3;6,8,12,14-16H,5,7,9-11,13H2,1-4H3/b14-9+,16-13+,20-17-;16-7+,19-15+,21-17-;17-11-;16-10-;12-8+,13-11+,16-14-;12-6+,14-8+,17-15-. The molecule has 0 radical (unpaired) electrons. The van der Waals surface area contributed by atoms with Crippen molar-refractivity contribution in [3.8, 4) is 0 Å². The van der Waals surface area contributed by atoms with Crippen molar-refractivity contribution < 1.29 is 0 Å². The zero-order valence-corrected chi connectivity index (χ0v) is 79.0. The molecule has 0 saturated heterocycles. The van der Waals surface area contributed by atoms with Crippen molar-refractivity contribution in [2.45, 2.75) is 462 Å². The van der Waals surface area contributed by atoms with Crippen molar-refractivity contribution in [3.63, 3.8) is 0 Å². The lowest BCUT2D eigenvalue weighted by Gasteiger charge is -2.28. The van der Waals surface area contributed by atoms with Gasteiger partial charge in [-0.15, -0.1) is 0 Å². The van der Waals surface area contributed by atoms with E-state index in [-0.39, 0.29) is 0 Å². The van der Waals surface area contributed by atoms with E-state index in [9.17, 15) is 0 Å². The lowest BCUT2D eigenvalue weighted by molar-refractivity contribution is 0.417. The average molecular weight is 1520 g/mol. The number of rotatable bonds is 56. The highest BCUT2D eigenvalue weighted by atomic mass is 14.3. The molecule has 0 bridgehead atoms. The van der Waals surface area contributed by atoms with Crippen LogP contribution in [0.5, 0.6) is 0 Å². The summed E-state index contributed by atoms with van der Waals surface area (Å²) in [5.41, 5.74) is 12.6. The highest BCUT2D eigenvalue weighted by Crippen LogP contribution is 2.37. The minimum atomic E-state index is 0.614. The van der Waals surface area contributed by atoms with Gasteiger partial charge in [0.25, 0.3) is 0 Å². The highest BCUT2D eigenvalue weighted by molar-refractivity contribution is 5.31. The van der Waals surface area contributed by atoms with Gasteiger partial charge in [-0.25, -0.2) is 0 Å². The molecule has 0 heterocycles. The Labute approximate surface area is 695 Å². The first kappa shape index (κ1) is 112. The Balaban J connectivity index is -0.000000614. The van der Waals surface area contributed by atoms with E-state index in [0.29, 0.717) is 17.8 Å². The number of hydrogen-bond donors (Lipinski definition) is 0. The maximum Gasteiger partial charge on any atom is 0.00145 e. The molecule has 0 heteroatoms. The summed E-state index contributed by atoms with van der Waals surface area (Å²) < 4.78 is 0. The zero-order chi connectivity index (χ0) is 82.7. The first-order valence-electron chi connectivity index (χ1n) is 48.1. The van der Waals surface area contributed by atoms with Crippen molar-refractivity contribution >= 4 is 0 Å². The van der Waals surface area contributed by atoms with Gasteiger partial charge in [0.05, 0.1) is 0 Å². The fraction of sp³-hybridized carbons (Fsp3) is 0.709. The molecule has 0 saturated carbocycles. The smallest absolute Gasteiger partial charge is 0.00145 e. The van der Waals surface area contributed by atoms with Gasteiger partial charge in [-0.05, 0) is 248 Å². The van der Waals surface area contributed by atoms with Gasteiger partial charge in [-0.3, -0.25) is 0 Å². The molecule has 8 unspecified atom stereocenters. The Morgan fingerprint density at radius 3 is 1.47 bits per heavy atom. The van der Waals surface area contributed by atoms with Crippen LogP contribution in [0.2, 0.25) is 0 Å². The Morgan fingerprint density at radius 2 is 0.918 bits per heavy atom. The first-order chi connectivity index (χ1) is 53.4. The SMILES string of the molecule is C/C=C/C(=C/CCCCC)C(/C=C/C)CCC.C/C=C/C(CCCCCC)C(/C=C/CCCCC)=C\CC.CC/C=C/C=C(/C)C(C)C/C=C/CCCCC.CC/C=C/CC(CCCCC)/C(C)=C\C=C\CCCCC.CC/C=C1/C=C(C)C(C)CC1CCCCCC.CCCCC/C=C1/CC(C)C(C)=CC1CCC. The van der Waals surface area contributed by atoms with E-state index in [0.717, 1.165) is 48.9 Å². The predicted octanol–water partition coefficient (Wildman–Crippen LogP) is 39.2. The molecular formula is C110H196. The lowest BCUT2D eigenvalue weighted by atomic mass is 9.77. The quantitative estimate of drug-likeness (QED) is 0.0323. The predicted molar refractivity (Wildman–Crippen MR) is 514 cm³/mol. The monoisotopic (exact) mass is 1520 g/mol. The van der Waals surface area contributed by atoms with Gasteiger partial charge < -0.3 is 0 Å². The van der Waals surface area contributed by atoms with Gasteiger partial charge in [-0.2, -0.15) is 0 Å². The minimum Gasteiger partial charge on any atom is -0.0910 e. The maximum absolute atomic E-state index is 2.55. The van der Waals surface area contributed by atoms with E-state index < -0.39 is 0 Å². The molecule has 0 spiro atoms. The normalized spacial score (nSPS) is 18.5. The molecule has 0 nitrogen and oxygen atoms in total. The van der Waals surface area contributed by atoms with Crippen LogP contribution in [0.1, 0.15) is 462 Å². The van der Waals surface area contributed by atoms with Crippen LogP contribution in [0, 0.1) is 47.3 Å². The second-order valence-corrected chi connectivity index (χ2v) is 33.0. The van der Waals surface area contributed by atoms with E-state index in [2.05, 4.69) is 312 Å². The van der Waals surface area contributed by atoms with Crippen LogP contribution in [0.25, 0.3) is 0 Å². The highest BCUT2D eigenvalue weighted by Gasteiger charge is 2.23. The summed E-state index contributed by atoms with van der Waals surface area (Å²) in [6, 6.07) is 0. The molecule has 2 aliphatic rings. The maximum atomic E-state index is 2.55. The molecule has 0 aromatic rings. The number of allylic oxidation sites excluding steroid dienone is 32. The molecule has 2 aliphatic carbocycles.